The zero-order chi connectivity index (χ0) is 18.9. The highest BCUT2D eigenvalue weighted by molar-refractivity contribution is 9.10. The molecule has 0 amide bonds. The number of hydrogen-bond acceptors (Lipinski definition) is 5. The van der Waals surface area contributed by atoms with E-state index in [9.17, 15) is 13.2 Å². The van der Waals surface area contributed by atoms with Gasteiger partial charge in [0.2, 0.25) is 0 Å². The van der Waals surface area contributed by atoms with Crippen molar-refractivity contribution in [3.05, 3.63) is 54.1 Å². The molecule has 0 saturated heterocycles. The van der Waals surface area contributed by atoms with Gasteiger partial charge < -0.3 is 9.64 Å². The molecule has 1 aliphatic rings. The number of amidine groups is 1. The van der Waals surface area contributed by atoms with Gasteiger partial charge in [0.1, 0.15) is 15.5 Å². The van der Waals surface area contributed by atoms with Gasteiger partial charge in [-0.15, -0.1) is 4.40 Å². The smallest absolute Gasteiger partial charge is 0.325 e. The highest BCUT2D eigenvalue weighted by Crippen LogP contribution is 2.29. The average Bonchev–Trinajstić information content (AvgIpc) is 2.92. The van der Waals surface area contributed by atoms with Crippen LogP contribution in [0.4, 0.5) is 5.69 Å². The molecule has 8 heteroatoms. The summed E-state index contributed by atoms with van der Waals surface area (Å²) in [4.78, 5) is 13.4. The van der Waals surface area contributed by atoms with Gasteiger partial charge in [0.15, 0.2) is 5.84 Å². The largest absolute Gasteiger partial charge is 0.426 e. The molecule has 1 aliphatic heterocycles. The Hall–Kier alpha value is -2.19. The number of alkyl halides is 1. The molecular formula is C18H17BrN2O4S. The molecule has 0 N–H and O–H groups in total. The van der Waals surface area contributed by atoms with Gasteiger partial charge >= 0.3 is 5.97 Å². The van der Waals surface area contributed by atoms with Crippen molar-refractivity contribution in [2.75, 3.05) is 11.9 Å². The number of hydrogen-bond donors (Lipinski definition) is 0. The van der Waals surface area contributed by atoms with Crippen LogP contribution < -0.4 is 9.64 Å². The van der Waals surface area contributed by atoms with Crippen LogP contribution >= 0.6 is 15.9 Å². The van der Waals surface area contributed by atoms with Crippen LogP contribution in [-0.4, -0.2) is 32.1 Å². The van der Waals surface area contributed by atoms with Gasteiger partial charge in [-0.3, -0.25) is 4.79 Å². The minimum Gasteiger partial charge on any atom is -0.426 e. The zero-order valence-corrected chi connectivity index (χ0v) is 16.6. The van der Waals surface area contributed by atoms with Crippen LogP contribution in [0.5, 0.6) is 5.75 Å². The van der Waals surface area contributed by atoms with E-state index in [0.29, 0.717) is 23.6 Å². The maximum absolute atomic E-state index is 12.2. The number of benzene rings is 2. The van der Waals surface area contributed by atoms with Crippen molar-refractivity contribution in [2.45, 2.75) is 23.1 Å². The van der Waals surface area contributed by atoms with Gasteiger partial charge in [-0.25, -0.2) is 0 Å². The number of esters is 1. The Morgan fingerprint density at radius 2 is 1.85 bits per heavy atom. The number of halogens is 1. The first-order valence-corrected chi connectivity index (χ1v) is 10.3. The Balaban J connectivity index is 1.84. The normalized spacial score (nSPS) is 15.7. The van der Waals surface area contributed by atoms with E-state index in [1.54, 1.807) is 60.5 Å². The molecule has 0 fully saturated rings. The van der Waals surface area contributed by atoms with Gasteiger partial charge in [0.05, 0.1) is 0 Å². The Morgan fingerprint density at radius 3 is 2.50 bits per heavy atom. The van der Waals surface area contributed by atoms with E-state index in [2.05, 4.69) is 20.3 Å². The summed E-state index contributed by atoms with van der Waals surface area (Å²) < 4.78 is 33.6. The van der Waals surface area contributed by atoms with Crippen LogP contribution in [0.1, 0.15) is 18.9 Å². The molecule has 0 aliphatic carbocycles. The molecule has 26 heavy (non-hydrogen) atoms. The van der Waals surface area contributed by atoms with Crippen LogP contribution in [0.25, 0.3) is 0 Å². The zero-order valence-electron chi connectivity index (χ0n) is 14.2. The molecule has 0 saturated carbocycles. The van der Waals surface area contributed by atoms with Crippen LogP contribution in [-0.2, 0) is 14.8 Å². The van der Waals surface area contributed by atoms with Crippen molar-refractivity contribution >= 4 is 43.4 Å². The number of fused-ring (bicyclic) bond motifs is 1. The van der Waals surface area contributed by atoms with E-state index < -0.39 is 10.0 Å². The quantitative estimate of drug-likeness (QED) is 0.417. The number of carbonyl (C=O) groups is 1. The lowest BCUT2D eigenvalue weighted by Gasteiger charge is -2.19. The molecule has 0 aromatic heterocycles. The van der Waals surface area contributed by atoms with E-state index in [1.807, 2.05) is 6.92 Å². The number of nitrogens with zero attached hydrogens (tertiary/aromatic N) is 2. The third-order valence-corrected chi connectivity index (χ3v) is 6.33. The van der Waals surface area contributed by atoms with E-state index in [0.717, 1.165) is 5.69 Å². The molecule has 6 nitrogen and oxygen atoms in total. The Kier molecular flexibility index (Phi) is 5.15. The standard InChI is InChI=1S/C18H17BrN2O4S/c1-3-15(19)18(22)25-13-10-8-12(9-11-13)21(2)17-14-6-4-5-7-16(14)26(23,24)20-17/h4-11,15H,3H2,1-2H3/t15-/m0/s1. The maximum atomic E-state index is 12.2. The van der Waals surface area contributed by atoms with E-state index in [-0.39, 0.29) is 15.7 Å². The first-order valence-electron chi connectivity index (χ1n) is 7.97. The van der Waals surface area contributed by atoms with Gasteiger partial charge in [0, 0.05) is 18.3 Å². The minimum atomic E-state index is -3.67. The van der Waals surface area contributed by atoms with Crippen molar-refractivity contribution in [2.24, 2.45) is 4.40 Å². The third kappa shape index (κ3) is 3.52. The summed E-state index contributed by atoms with van der Waals surface area (Å²) in [5.41, 5.74) is 1.29. The lowest BCUT2D eigenvalue weighted by Crippen LogP contribution is -2.26. The van der Waals surface area contributed by atoms with Crippen molar-refractivity contribution in [1.29, 1.82) is 0 Å². The Morgan fingerprint density at radius 1 is 1.19 bits per heavy atom. The van der Waals surface area contributed by atoms with E-state index in [1.165, 1.54) is 0 Å². The van der Waals surface area contributed by atoms with Crippen LogP contribution in [0, 0.1) is 0 Å². The predicted molar refractivity (Wildman–Crippen MR) is 104 cm³/mol. The number of anilines is 1. The highest BCUT2D eigenvalue weighted by Gasteiger charge is 2.30. The Labute approximate surface area is 160 Å². The van der Waals surface area contributed by atoms with Gasteiger partial charge in [-0.2, -0.15) is 8.42 Å². The van der Waals surface area contributed by atoms with Crippen LogP contribution in [0.2, 0.25) is 0 Å². The predicted octanol–water partition coefficient (Wildman–Crippen LogP) is 3.35. The molecule has 0 unspecified atom stereocenters. The van der Waals surface area contributed by atoms with Crippen molar-refractivity contribution in [3.63, 3.8) is 0 Å². The summed E-state index contributed by atoms with van der Waals surface area (Å²) in [5.74, 6) is 0.428. The number of rotatable bonds is 4. The SMILES string of the molecule is CC[C@H](Br)C(=O)Oc1ccc(N(C)C2=NS(=O)(=O)c3ccccc32)cc1. The molecule has 0 radical (unpaired) electrons. The molecule has 0 bridgehead atoms. The van der Waals surface area contributed by atoms with Gasteiger partial charge in [-0.1, -0.05) is 35.0 Å². The molecule has 2 aromatic rings. The summed E-state index contributed by atoms with van der Waals surface area (Å²) >= 11 is 3.25. The highest BCUT2D eigenvalue weighted by atomic mass is 79.9. The average molecular weight is 437 g/mol. The molecule has 3 rings (SSSR count). The number of ether oxygens (including phenoxy) is 1. The second-order valence-electron chi connectivity index (χ2n) is 5.74. The maximum Gasteiger partial charge on any atom is 0.325 e. The molecule has 136 valence electrons. The van der Waals surface area contributed by atoms with Gasteiger partial charge in [-0.05, 0) is 42.8 Å². The molecule has 1 atom stereocenters. The summed E-state index contributed by atoms with van der Waals surface area (Å²) in [6, 6.07) is 13.5. The van der Waals surface area contributed by atoms with Crippen molar-refractivity contribution in [3.8, 4) is 5.75 Å². The summed E-state index contributed by atoms with van der Waals surface area (Å²) in [5, 5.41) is 0. The van der Waals surface area contributed by atoms with Gasteiger partial charge in [0.25, 0.3) is 10.0 Å². The topological polar surface area (TPSA) is 76.0 Å². The summed E-state index contributed by atoms with van der Waals surface area (Å²) in [7, 11) is -1.93. The molecule has 2 aromatic carbocycles. The Bertz CT molecular complexity index is 971. The number of carbonyl (C=O) groups excluding carboxylic acids is 1. The fourth-order valence-electron chi connectivity index (χ4n) is 2.54. The van der Waals surface area contributed by atoms with Crippen LogP contribution in [0.3, 0.4) is 0 Å². The van der Waals surface area contributed by atoms with E-state index in [4.69, 9.17) is 4.74 Å². The first-order chi connectivity index (χ1) is 12.3. The molecule has 0 spiro atoms. The van der Waals surface area contributed by atoms with Crippen molar-refractivity contribution < 1.29 is 17.9 Å². The lowest BCUT2D eigenvalue weighted by atomic mass is 10.2. The second-order valence-corrected chi connectivity index (χ2v) is 8.41. The van der Waals surface area contributed by atoms with Crippen molar-refractivity contribution in [1.82, 2.24) is 0 Å². The summed E-state index contributed by atoms with van der Waals surface area (Å²) in [6.45, 7) is 1.88. The van der Waals surface area contributed by atoms with E-state index >= 15 is 0 Å². The fourth-order valence-corrected chi connectivity index (χ4v) is 3.87. The third-order valence-electron chi connectivity index (χ3n) is 3.99. The second kappa shape index (κ2) is 7.20. The monoisotopic (exact) mass is 436 g/mol. The molecule has 1 heterocycles. The molecular weight excluding hydrogens is 420 g/mol. The van der Waals surface area contributed by atoms with Crippen LogP contribution in [0.15, 0.2) is 57.8 Å². The fraction of sp³-hybridized carbons (Fsp3) is 0.222. The number of sulfonamides is 1. The first kappa shape index (κ1) is 18.6. The summed E-state index contributed by atoms with van der Waals surface area (Å²) in [6.07, 6.45) is 0.632. The minimum absolute atomic E-state index is 0.204. The lowest BCUT2D eigenvalue weighted by molar-refractivity contribution is -0.133.